The van der Waals surface area contributed by atoms with Gasteiger partial charge >= 0.3 is 0 Å². The monoisotopic (exact) mass is 104 g/mol. The van der Waals surface area contributed by atoms with Gasteiger partial charge in [-0.25, -0.2) is 0 Å². The molecule has 0 N–H and O–H groups in total. The SMILES string of the molecule is CN(C)C.[CH2][SiH3]. The van der Waals surface area contributed by atoms with Crippen LogP contribution in [-0.2, 0) is 0 Å². The molecule has 0 fully saturated rings. The highest BCUT2D eigenvalue weighted by Gasteiger charge is 1.58. The molecule has 0 aromatic carbocycles. The van der Waals surface area contributed by atoms with Gasteiger partial charge in [0.2, 0.25) is 0 Å². The maximum atomic E-state index is 3.39. The van der Waals surface area contributed by atoms with Crippen LogP contribution in [0, 0.1) is 6.55 Å². The fourth-order valence-corrected chi connectivity index (χ4v) is 0. The summed E-state index contributed by atoms with van der Waals surface area (Å²) in [5.74, 6) is 0. The van der Waals surface area contributed by atoms with Crippen LogP contribution in [0.2, 0.25) is 0 Å². The molecule has 39 valence electrons. The second kappa shape index (κ2) is 8.95. The summed E-state index contributed by atoms with van der Waals surface area (Å²) in [7, 11) is 7.06. The Morgan fingerprint density at radius 2 is 1.17 bits per heavy atom. The average molecular weight is 104 g/mol. The minimum atomic E-state index is 1.06. The first-order chi connectivity index (χ1) is 2.73. The summed E-state index contributed by atoms with van der Waals surface area (Å²) >= 11 is 0. The van der Waals surface area contributed by atoms with E-state index in [0.29, 0.717) is 0 Å². The van der Waals surface area contributed by atoms with Crippen LogP contribution in [0.3, 0.4) is 0 Å². The van der Waals surface area contributed by atoms with E-state index in [4.69, 9.17) is 0 Å². The zero-order valence-electron chi connectivity index (χ0n) is 5.15. The summed E-state index contributed by atoms with van der Waals surface area (Å²) in [6.45, 7) is 3.39. The maximum Gasteiger partial charge on any atom is 0.00240 e. The van der Waals surface area contributed by atoms with Gasteiger partial charge < -0.3 is 4.90 Å². The van der Waals surface area contributed by atoms with Crippen molar-refractivity contribution in [2.75, 3.05) is 21.1 Å². The van der Waals surface area contributed by atoms with Gasteiger partial charge in [-0.2, -0.15) is 0 Å². The second-order valence-corrected chi connectivity index (χ2v) is 1.34. The summed E-state index contributed by atoms with van der Waals surface area (Å²) < 4.78 is 0. The lowest BCUT2D eigenvalue weighted by molar-refractivity contribution is 0.505. The fraction of sp³-hybridized carbons (Fsp3) is 0.750. The van der Waals surface area contributed by atoms with E-state index in [9.17, 15) is 0 Å². The molecule has 0 rings (SSSR count). The normalized spacial score (nSPS) is 7.50. The van der Waals surface area contributed by atoms with E-state index in [2.05, 4.69) is 6.55 Å². The molecule has 1 nitrogen and oxygen atoms in total. The third-order valence-corrected chi connectivity index (χ3v) is 0. The molecule has 6 heavy (non-hydrogen) atoms. The van der Waals surface area contributed by atoms with Gasteiger partial charge in [0, 0.05) is 10.2 Å². The lowest BCUT2D eigenvalue weighted by Crippen LogP contribution is -1.99. The molecular weight excluding hydrogens is 90.1 g/mol. The second-order valence-electron chi connectivity index (χ2n) is 1.34. The molecule has 1 radical (unpaired) electrons. The van der Waals surface area contributed by atoms with E-state index in [1.54, 1.807) is 0 Å². The zero-order valence-corrected chi connectivity index (χ0v) is 7.15. The van der Waals surface area contributed by atoms with Crippen molar-refractivity contribution in [3.8, 4) is 0 Å². The van der Waals surface area contributed by atoms with Gasteiger partial charge in [0.25, 0.3) is 0 Å². The average Bonchev–Trinajstić information content (AvgIpc) is 1.41. The van der Waals surface area contributed by atoms with Crippen LogP contribution in [0.15, 0.2) is 0 Å². The van der Waals surface area contributed by atoms with Crippen molar-refractivity contribution in [3.63, 3.8) is 0 Å². The van der Waals surface area contributed by atoms with Crippen molar-refractivity contribution in [3.05, 3.63) is 6.55 Å². The molecule has 0 aromatic rings. The van der Waals surface area contributed by atoms with Crippen molar-refractivity contribution in [1.82, 2.24) is 4.90 Å². The summed E-state index contributed by atoms with van der Waals surface area (Å²) in [4.78, 5) is 2.00. The van der Waals surface area contributed by atoms with Crippen molar-refractivity contribution in [2.45, 2.75) is 0 Å². The number of rotatable bonds is 0. The summed E-state index contributed by atoms with van der Waals surface area (Å²) in [6.07, 6.45) is 0. The van der Waals surface area contributed by atoms with Crippen molar-refractivity contribution in [1.29, 1.82) is 0 Å². The van der Waals surface area contributed by atoms with Crippen molar-refractivity contribution < 1.29 is 0 Å². The van der Waals surface area contributed by atoms with E-state index in [-0.39, 0.29) is 0 Å². The molecule has 0 unspecified atom stereocenters. The van der Waals surface area contributed by atoms with Gasteiger partial charge in [-0.05, 0) is 21.1 Å². The third kappa shape index (κ3) is 1350. The summed E-state index contributed by atoms with van der Waals surface area (Å²) in [6, 6.07) is 0. The van der Waals surface area contributed by atoms with Crippen molar-refractivity contribution >= 4 is 10.2 Å². The maximum absolute atomic E-state index is 3.39. The van der Waals surface area contributed by atoms with Crippen molar-refractivity contribution in [2.24, 2.45) is 0 Å². The molecule has 0 aromatic heterocycles. The quantitative estimate of drug-likeness (QED) is 0.368. The van der Waals surface area contributed by atoms with Crippen LogP contribution in [0.4, 0.5) is 0 Å². The van der Waals surface area contributed by atoms with Crippen LogP contribution in [0.5, 0.6) is 0 Å². The lowest BCUT2D eigenvalue weighted by Gasteiger charge is -1.90. The van der Waals surface area contributed by atoms with E-state index in [1.165, 1.54) is 0 Å². The first kappa shape index (κ1) is 9.49. The van der Waals surface area contributed by atoms with E-state index < -0.39 is 0 Å². The van der Waals surface area contributed by atoms with Gasteiger partial charge in [-0.15, -0.1) is 0 Å². The lowest BCUT2D eigenvalue weighted by atomic mass is 11.0. The zero-order chi connectivity index (χ0) is 5.58. The van der Waals surface area contributed by atoms with E-state index >= 15 is 0 Å². The molecule has 0 saturated carbocycles. The fourth-order valence-electron chi connectivity index (χ4n) is 0. The van der Waals surface area contributed by atoms with Crippen LogP contribution in [-0.4, -0.2) is 36.3 Å². The number of hydrogen-bond acceptors (Lipinski definition) is 1. The Morgan fingerprint density at radius 3 is 1.17 bits per heavy atom. The molecular formula is C4H14NSi. The van der Waals surface area contributed by atoms with Gasteiger partial charge in [-0.1, -0.05) is 6.55 Å². The highest BCUT2D eigenvalue weighted by Crippen LogP contribution is 1.47. The highest BCUT2D eigenvalue weighted by atomic mass is 28.1. The molecule has 0 aliphatic rings. The summed E-state index contributed by atoms with van der Waals surface area (Å²) in [5, 5.41) is 0. The third-order valence-electron chi connectivity index (χ3n) is 0. The largest absolute Gasteiger partial charge is 0.312 e. The Labute approximate surface area is 43.8 Å². The highest BCUT2D eigenvalue weighted by molar-refractivity contribution is 6.10. The van der Waals surface area contributed by atoms with Crippen LogP contribution >= 0.6 is 0 Å². The van der Waals surface area contributed by atoms with E-state index in [1.807, 2.05) is 26.0 Å². The van der Waals surface area contributed by atoms with Crippen LogP contribution in [0.25, 0.3) is 0 Å². The molecule has 2 heteroatoms. The minimum Gasteiger partial charge on any atom is -0.312 e. The summed E-state index contributed by atoms with van der Waals surface area (Å²) in [5.41, 5.74) is 0. The Bertz CT molecular complexity index is 12.3. The minimum absolute atomic E-state index is 1.06. The van der Waals surface area contributed by atoms with Crippen LogP contribution in [0.1, 0.15) is 0 Å². The molecule has 0 aliphatic carbocycles. The molecule has 0 aliphatic heterocycles. The Balaban J connectivity index is 0. The predicted molar refractivity (Wildman–Crippen MR) is 34.9 cm³/mol. The predicted octanol–water partition coefficient (Wildman–Crippen LogP) is -0.679. The van der Waals surface area contributed by atoms with Gasteiger partial charge in [0.05, 0.1) is 0 Å². The Morgan fingerprint density at radius 1 is 1.17 bits per heavy atom. The molecule has 0 amide bonds. The molecule has 0 spiro atoms. The number of nitrogens with zero attached hydrogens (tertiary/aromatic N) is 1. The molecule has 0 heterocycles. The molecule has 0 atom stereocenters. The smallest absolute Gasteiger partial charge is 0.00240 e. The first-order valence-electron chi connectivity index (χ1n) is 2.05. The standard InChI is InChI=1S/C3H9N.CH5Si/c1-4(2)3;1-2/h1-3H3;1H2,2H3. The number of hydrogen-bond donors (Lipinski definition) is 0. The molecule has 0 saturated heterocycles. The first-order valence-corrected chi connectivity index (χ1v) is 3.46. The van der Waals surface area contributed by atoms with E-state index in [0.717, 1.165) is 10.2 Å². The topological polar surface area (TPSA) is 3.24 Å². The van der Waals surface area contributed by atoms with Gasteiger partial charge in [-0.3, -0.25) is 0 Å². The molecule has 0 bridgehead atoms. The van der Waals surface area contributed by atoms with Crippen LogP contribution < -0.4 is 0 Å². The van der Waals surface area contributed by atoms with Gasteiger partial charge in [0.1, 0.15) is 0 Å². The van der Waals surface area contributed by atoms with Gasteiger partial charge in [0.15, 0.2) is 0 Å². The Kier molecular flexibility index (Phi) is 14.2. The Hall–Kier alpha value is 0.177.